The minimum atomic E-state index is 1.01. The van der Waals surface area contributed by atoms with Crippen LogP contribution in [0.4, 0.5) is 0 Å². The standard InChI is InChI=1S/C22H22/c1-18-10-12-21(13-11-18)17-22-9-5-8-20(16-22)15-14-19-6-3-2-4-7-19/h2-13,16H,14-15,17H2,1H3. The van der Waals surface area contributed by atoms with Crippen molar-refractivity contribution < 1.29 is 0 Å². The van der Waals surface area contributed by atoms with E-state index in [1.807, 2.05) is 0 Å². The van der Waals surface area contributed by atoms with E-state index in [2.05, 4.69) is 85.8 Å². The van der Waals surface area contributed by atoms with Crippen LogP contribution < -0.4 is 0 Å². The van der Waals surface area contributed by atoms with Crippen LogP contribution >= 0.6 is 0 Å². The second kappa shape index (κ2) is 7.09. The Morgan fingerprint density at radius 1 is 0.545 bits per heavy atom. The topological polar surface area (TPSA) is 0 Å². The van der Waals surface area contributed by atoms with Gasteiger partial charge in [0.1, 0.15) is 0 Å². The number of rotatable bonds is 5. The molecule has 0 unspecified atom stereocenters. The van der Waals surface area contributed by atoms with Gasteiger partial charge >= 0.3 is 0 Å². The number of hydrogen-bond donors (Lipinski definition) is 0. The zero-order valence-electron chi connectivity index (χ0n) is 13.1. The third-order valence-electron chi connectivity index (χ3n) is 4.07. The van der Waals surface area contributed by atoms with Crippen molar-refractivity contribution in [3.63, 3.8) is 0 Å². The molecule has 3 aromatic rings. The number of hydrogen-bond acceptors (Lipinski definition) is 0. The molecule has 3 aromatic carbocycles. The first kappa shape index (κ1) is 14.6. The van der Waals surface area contributed by atoms with E-state index in [0.717, 1.165) is 19.3 Å². The maximum Gasteiger partial charge on any atom is -0.00257 e. The van der Waals surface area contributed by atoms with Crippen molar-refractivity contribution in [1.29, 1.82) is 0 Å². The summed E-state index contributed by atoms with van der Waals surface area (Å²) in [7, 11) is 0. The SMILES string of the molecule is Cc1ccc(Cc2cccc(CCc3ccccc3)c2)cc1. The van der Waals surface area contributed by atoms with Crippen LogP contribution in [-0.2, 0) is 19.3 Å². The summed E-state index contributed by atoms with van der Waals surface area (Å²) in [6.45, 7) is 2.13. The minimum absolute atomic E-state index is 1.01. The van der Waals surface area contributed by atoms with Gasteiger partial charge in [0, 0.05) is 0 Å². The van der Waals surface area contributed by atoms with Crippen molar-refractivity contribution in [3.05, 3.63) is 107 Å². The molecule has 0 atom stereocenters. The summed E-state index contributed by atoms with van der Waals surface area (Å²) in [6.07, 6.45) is 3.22. The highest BCUT2D eigenvalue weighted by Gasteiger charge is 2.00. The summed E-state index contributed by atoms with van der Waals surface area (Å²) in [5.74, 6) is 0. The molecule has 0 aliphatic rings. The van der Waals surface area contributed by atoms with E-state index in [4.69, 9.17) is 0 Å². The average molecular weight is 286 g/mol. The average Bonchev–Trinajstić information content (AvgIpc) is 2.57. The Hall–Kier alpha value is -2.34. The van der Waals surface area contributed by atoms with Crippen molar-refractivity contribution >= 4 is 0 Å². The molecule has 0 heterocycles. The van der Waals surface area contributed by atoms with Gasteiger partial charge in [-0.1, -0.05) is 84.4 Å². The van der Waals surface area contributed by atoms with E-state index in [-0.39, 0.29) is 0 Å². The second-order valence-electron chi connectivity index (χ2n) is 5.97. The summed E-state index contributed by atoms with van der Waals surface area (Å²) < 4.78 is 0. The van der Waals surface area contributed by atoms with Crippen LogP contribution in [0.15, 0.2) is 78.9 Å². The van der Waals surface area contributed by atoms with Gasteiger partial charge in [0.15, 0.2) is 0 Å². The molecule has 0 saturated heterocycles. The highest BCUT2D eigenvalue weighted by molar-refractivity contribution is 5.31. The van der Waals surface area contributed by atoms with Crippen molar-refractivity contribution in [3.8, 4) is 0 Å². The van der Waals surface area contributed by atoms with E-state index in [1.165, 1.54) is 27.8 Å². The monoisotopic (exact) mass is 286 g/mol. The van der Waals surface area contributed by atoms with Gasteiger partial charge in [-0.25, -0.2) is 0 Å². The summed E-state index contributed by atoms with van der Waals surface area (Å²) in [5.41, 5.74) is 6.93. The molecule has 0 bridgehead atoms. The third kappa shape index (κ3) is 4.08. The van der Waals surface area contributed by atoms with Crippen LogP contribution in [0.25, 0.3) is 0 Å². The Bertz CT molecular complexity index is 709. The molecule has 0 radical (unpaired) electrons. The number of benzene rings is 3. The lowest BCUT2D eigenvalue weighted by molar-refractivity contribution is 0.955. The molecule has 0 aromatic heterocycles. The van der Waals surface area contributed by atoms with Crippen LogP contribution in [0.3, 0.4) is 0 Å². The molecule has 0 nitrogen and oxygen atoms in total. The van der Waals surface area contributed by atoms with Gasteiger partial charge in [0.2, 0.25) is 0 Å². The third-order valence-corrected chi connectivity index (χ3v) is 4.07. The van der Waals surface area contributed by atoms with E-state index in [9.17, 15) is 0 Å². The van der Waals surface area contributed by atoms with E-state index < -0.39 is 0 Å². The minimum Gasteiger partial charge on any atom is -0.0622 e. The molecule has 0 heteroatoms. The second-order valence-corrected chi connectivity index (χ2v) is 5.97. The summed E-state index contributed by atoms with van der Waals surface area (Å²) >= 11 is 0. The first-order valence-corrected chi connectivity index (χ1v) is 7.97. The van der Waals surface area contributed by atoms with E-state index in [1.54, 1.807) is 0 Å². The smallest absolute Gasteiger partial charge is 0.00257 e. The van der Waals surface area contributed by atoms with E-state index in [0.29, 0.717) is 0 Å². The molecule has 0 fully saturated rings. The van der Waals surface area contributed by atoms with Gasteiger partial charge in [-0.3, -0.25) is 0 Å². The zero-order chi connectivity index (χ0) is 15.2. The number of aryl methyl sites for hydroxylation is 3. The predicted molar refractivity (Wildman–Crippen MR) is 94.3 cm³/mol. The Kier molecular flexibility index (Phi) is 4.70. The molecule has 3 rings (SSSR count). The van der Waals surface area contributed by atoms with Crippen LogP contribution in [0, 0.1) is 6.92 Å². The molecule has 0 spiro atoms. The first-order chi connectivity index (χ1) is 10.8. The van der Waals surface area contributed by atoms with Crippen LogP contribution in [0.1, 0.15) is 27.8 Å². The quantitative estimate of drug-likeness (QED) is 0.591. The van der Waals surface area contributed by atoms with Crippen molar-refractivity contribution in [2.24, 2.45) is 0 Å². The summed E-state index contributed by atoms with van der Waals surface area (Å²) in [4.78, 5) is 0. The van der Waals surface area contributed by atoms with Gasteiger partial charge in [-0.15, -0.1) is 0 Å². The lowest BCUT2D eigenvalue weighted by atomic mass is 9.99. The predicted octanol–water partition coefficient (Wildman–Crippen LogP) is 5.37. The first-order valence-electron chi connectivity index (χ1n) is 7.97. The lowest BCUT2D eigenvalue weighted by Crippen LogP contribution is -1.94. The Morgan fingerprint density at radius 2 is 1.18 bits per heavy atom. The van der Waals surface area contributed by atoms with Gasteiger partial charge in [-0.05, 0) is 48.4 Å². The molecule has 0 N–H and O–H groups in total. The summed E-state index contributed by atoms with van der Waals surface area (Å²) in [5, 5.41) is 0. The Morgan fingerprint density at radius 3 is 1.95 bits per heavy atom. The molecular weight excluding hydrogens is 264 g/mol. The van der Waals surface area contributed by atoms with Gasteiger partial charge < -0.3 is 0 Å². The highest BCUT2D eigenvalue weighted by Crippen LogP contribution is 2.14. The van der Waals surface area contributed by atoms with Gasteiger partial charge in [0.25, 0.3) is 0 Å². The maximum atomic E-state index is 2.35. The molecule has 0 saturated carbocycles. The van der Waals surface area contributed by atoms with Crippen molar-refractivity contribution in [2.45, 2.75) is 26.2 Å². The van der Waals surface area contributed by atoms with Crippen molar-refractivity contribution in [1.82, 2.24) is 0 Å². The molecule has 22 heavy (non-hydrogen) atoms. The highest BCUT2D eigenvalue weighted by atomic mass is 14.0. The molecule has 110 valence electrons. The van der Waals surface area contributed by atoms with Crippen LogP contribution in [0.5, 0.6) is 0 Å². The normalized spacial score (nSPS) is 10.6. The van der Waals surface area contributed by atoms with Crippen LogP contribution in [-0.4, -0.2) is 0 Å². The fraction of sp³-hybridized carbons (Fsp3) is 0.182. The van der Waals surface area contributed by atoms with Gasteiger partial charge in [-0.2, -0.15) is 0 Å². The zero-order valence-corrected chi connectivity index (χ0v) is 13.1. The fourth-order valence-corrected chi connectivity index (χ4v) is 2.77. The fourth-order valence-electron chi connectivity index (χ4n) is 2.77. The molecule has 0 amide bonds. The maximum absolute atomic E-state index is 2.35. The van der Waals surface area contributed by atoms with E-state index >= 15 is 0 Å². The summed E-state index contributed by atoms with van der Waals surface area (Å²) in [6, 6.07) is 28.5. The lowest BCUT2D eigenvalue weighted by Gasteiger charge is -2.07. The largest absolute Gasteiger partial charge is 0.0622 e. The molecular formula is C22H22. The van der Waals surface area contributed by atoms with Gasteiger partial charge in [0.05, 0.1) is 0 Å². The van der Waals surface area contributed by atoms with Crippen molar-refractivity contribution in [2.75, 3.05) is 0 Å². The van der Waals surface area contributed by atoms with Crippen LogP contribution in [0.2, 0.25) is 0 Å². The molecule has 0 aliphatic carbocycles. The molecule has 0 aliphatic heterocycles. The Balaban J connectivity index is 1.66. The Labute approximate surface area is 133 Å².